The summed E-state index contributed by atoms with van der Waals surface area (Å²) in [4.78, 5) is 62.8. The van der Waals surface area contributed by atoms with Crippen LogP contribution in [-0.4, -0.2) is 80.2 Å². The van der Waals surface area contributed by atoms with Gasteiger partial charge in [-0.05, 0) is 54.4 Å². The predicted octanol–water partition coefficient (Wildman–Crippen LogP) is 10.7. The number of rotatable bonds is 5. The van der Waals surface area contributed by atoms with Gasteiger partial charge in [-0.3, -0.25) is 29.0 Å². The minimum absolute atomic E-state index is 0.121. The van der Waals surface area contributed by atoms with Crippen molar-refractivity contribution >= 4 is 81.4 Å². The number of nitrogens with zero attached hydrogens (tertiary/aromatic N) is 6. The molecule has 332 valence electrons. The summed E-state index contributed by atoms with van der Waals surface area (Å²) < 4.78 is 80.6. The molecule has 0 unspecified atom stereocenters. The van der Waals surface area contributed by atoms with Gasteiger partial charge in [0, 0.05) is 66.7 Å². The van der Waals surface area contributed by atoms with Crippen LogP contribution in [0.2, 0.25) is 20.1 Å². The van der Waals surface area contributed by atoms with E-state index in [9.17, 15) is 45.5 Å². The van der Waals surface area contributed by atoms with Crippen molar-refractivity contribution < 1.29 is 45.5 Å². The fourth-order valence-corrected chi connectivity index (χ4v) is 8.53. The minimum atomic E-state index is -5.18. The van der Waals surface area contributed by atoms with Crippen molar-refractivity contribution in [2.24, 2.45) is 10.8 Å². The molecule has 3 aromatic carbocycles. The quantitative estimate of drug-likeness (QED) is 0.185. The molecular formula is C42H40Cl4F6N6O4. The summed E-state index contributed by atoms with van der Waals surface area (Å²) in [5, 5.41) is 0.883. The summed E-state index contributed by atoms with van der Waals surface area (Å²) in [6, 6.07) is 12.9. The zero-order chi connectivity index (χ0) is 46.4. The zero-order valence-electron chi connectivity index (χ0n) is 34.1. The number of halogens is 10. The molecule has 2 aliphatic heterocycles. The molecule has 20 heteroatoms. The Bertz CT molecular complexity index is 2300. The van der Waals surface area contributed by atoms with Gasteiger partial charge in [0.25, 0.3) is 11.8 Å². The first-order valence-corrected chi connectivity index (χ1v) is 20.2. The second-order valence-electron chi connectivity index (χ2n) is 16.8. The van der Waals surface area contributed by atoms with Crippen LogP contribution in [0.1, 0.15) is 54.0 Å². The Hall–Kier alpha value is -4.64. The SMILES string of the molecule is CC(C)(C)[C@@H]1N(c2cc(Cl)cc(Cl)c2)C(=O)[C@@H](Cc2ccc(-c3cncnc3)cc2)N1C(=O)C(F)(F)F.C[C@@H]1C(=O)N(c2cc(Cl)cc(Cl)c2)[C@@H](C(C)(C)C)N1C(=O)C(F)(F)F. The third-order valence-electron chi connectivity index (χ3n) is 9.92. The standard InChI is InChI=1S/C26H23Cl2F3N4O2.C16H17Cl2F3N2O2/c1-25(2,3)23-34(20-10-18(27)9-19(28)11-20)22(36)21(35(23)24(37)26(29,30)31)8-15-4-6-16(7-5-15)17-12-32-14-33-13-17;1-8-12(24)23(11-6-9(17)5-10(18)7-11)13(15(2,3)4)22(8)14(25)16(19,20)21/h4-7,9-14,21,23H,8H2,1-3H3;5-8,13H,1-4H3/t21-,23-;8-,13+/m11/s1. The molecule has 2 saturated heterocycles. The fourth-order valence-electron chi connectivity index (χ4n) is 7.50. The van der Waals surface area contributed by atoms with Gasteiger partial charge >= 0.3 is 24.2 Å². The van der Waals surface area contributed by atoms with E-state index in [4.69, 9.17) is 46.4 Å². The number of aromatic nitrogens is 2. The first kappa shape index (κ1) is 48.4. The second-order valence-corrected chi connectivity index (χ2v) is 18.5. The summed E-state index contributed by atoms with van der Waals surface area (Å²) in [6.07, 6.45) is -8.10. The zero-order valence-corrected chi connectivity index (χ0v) is 37.1. The van der Waals surface area contributed by atoms with E-state index < -0.39 is 71.2 Å². The number of carbonyl (C=O) groups excluding carboxylic acids is 4. The van der Waals surface area contributed by atoms with E-state index in [-0.39, 0.29) is 37.9 Å². The van der Waals surface area contributed by atoms with Gasteiger partial charge in [-0.25, -0.2) is 9.97 Å². The molecule has 1 aromatic heterocycles. The summed E-state index contributed by atoms with van der Waals surface area (Å²) >= 11 is 24.2. The van der Waals surface area contributed by atoms with Crippen LogP contribution in [-0.2, 0) is 25.6 Å². The van der Waals surface area contributed by atoms with Gasteiger partial charge in [0.15, 0.2) is 0 Å². The second kappa shape index (κ2) is 17.9. The Morgan fingerprint density at radius 1 is 0.597 bits per heavy atom. The monoisotopic (exact) mass is 946 g/mol. The Balaban J connectivity index is 0.000000253. The molecule has 2 fully saturated rings. The Labute approximate surface area is 373 Å². The van der Waals surface area contributed by atoms with E-state index in [0.717, 1.165) is 16.0 Å². The molecule has 4 atom stereocenters. The lowest BCUT2D eigenvalue weighted by Gasteiger charge is -2.40. The van der Waals surface area contributed by atoms with Gasteiger partial charge in [-0.15, -0.1) is 0 Å². The third-order valence-corrected chi connectivity index (χ3v) is 10.8. The number of alkyl halides is 6. The van der Waals surface area contributed by atoms with Crippen LogP contribution in [0.3, 0.4) is 0 Å². The Morgan fingerprint density at radius 3 is 1.39 bits per heavy atom. The van der Waals surface area contributed by atoms with Crippen LogP contribution in [0.15, 0.2) is 79.4 Å². The van der Waals surface area contributed by atoms with Crippen molar-refractivity contribution in [1.29, 1.82) is 0 Å². The van der Waals surface area contributed by atoms with Crippen molar-refractivity contribution in [3.8, 4) is 11.1 Å². The number of benzene rings is 3. The molecule has 62 heavy (non-hydrogen) atoms. The molecule has 0 bridgehead atoms. The predicted molar refractivity (Wildman–Crippen MR) is 225 cm³/mol. The number of anilines is 2. The van der Waals surface area contributed by atoms with Crippen molar-refractivity contribution in [2.45, 2.75) is 91.7 Å². The molecule has 4 aromatic rings. The average Bonchev–Trinajstić information content (AvgIpc) is 3.59. The molecule has 0 saturated carbocycles. The lowest BCUT2D eigenvalue weighted by Crippen LogP contribution is -2.55. The normalized spacial score (nSPS) is 19.8. The number of hydrogen-bond donors (Lipinski definition) is 0. The smallest absolute Gasteiger partial charge is 0.302 e. The Kier molecular flexibility index (Phi) is 13.9. The highest BCUT2D eigenvalue weighted by molar-refractivity contribution is 6.36. The van der Waals surface area contributed by atoms with E-state index in [1.807, 2.05) is 0 Å². The van der Waals surface area contributed by atoms with Crippen LogP contribution >= 0.6 is 46.4 Å². The van der Waals surface area contributed by atoms with Crippen LogP contribution < -0.4 is 9.80 Å². The van der Waals surface area contributed by atoms with E-state index in [1.165, 1.54) is 54.5 Å². The molecule has 0 aliphatic carbocycles. The van der Waals surface area contributed by atoms with E-state index >= 15 is 0 Å². The maximum absolute atomic E-state index is 13.8. The largest absolute Gasteiger partial charge is 0.471 e. The number of carbonyl (C=O) groups is 4. The van der Waals surface area contributed by atoms with Gasteiger partial charge in [0.2, 0.25) is 0 Å². The number of amides is 4. The Morgan fingerprint density at radius 2 is 0.984 bits per heavy atom. The number of hydrogen-bond acceptors (Lipinski definition) is 6. The fraction of sp³-hybridized carbons (Fsp3) is 0.381. The van der Waals surface area contributed by atoms with E-state index in [2.05, 4.69) is 9.97 Å². The lowest BCUT2D eigenvalue weighted by atomic mass is 9.90. The molecular weight excluding hydrogens is 908 g/mol. The summed E-state index contributed by atoms with van der Waals surface area (Å²) in [6.45, 7) is 11.2. The van der Waals surface area contributed by atoms with Gasteiger partial charge in [-0.1, -0.05) is 112 Å². The highest BCUT2D eigenvalue weighted by Crippen LogP contribution is 2.44. The molecule has 0 N–H and O–H groups in total. The van der Waals surface area contributed by atoms with Crippen molar-refractivity contribution in [3.05, 3.63) is 105 Å². The van der Waals surface area contributed by atoms with Gasteiger partial charge in [-0.2, -0.15) is 26.3 Å². The molecule has 0 radical (unpaired) electrons. The van der Waals surface area contributed by atoms with Crippen LogP contribution in [0.25, 0.3) is 11.1 Å². The maximum Gasteiger partial charge on any atom is 0.471 e. The third kappa shape index (κ3) is 10.4. The van der Waals surface area contributed by atoms with E-state index in [0.29, 0.717) is 15.4 Å². The molecule has 0 spiro atoms. The first-order chi connectivity index (χ1) is 28.5. The van der Waals surface area contributed by atoms with Gasteiger partial charge in [0.1, 0.15) is 30.7 Å². The lowest BCUT2D eigenvalue weighted by molar-refractivity contribution is -0.190. The van der Waals surface area contributed by atoms with Crippen LogP contribution in [0.4, 0.5) is 37.7 Å². The maximum atomic E-state index is 13.8. The summed E-state index contributed by atoms with van der Waals surface area (Å²) in [5.74, 6) is -5.42. The summed E-state index contributed by atoms with van der Waals surface area (Å²) in [5.41, 5.74) is 0.798. The molecule has 3 heterocycles. The topological polar surface area (TPSA) is 107 Å². The summed E-state index contributed by atoms with van der Waals surface area (Å²) in [7, 11) is 0. The van der Waals surface area contributed by atoms with Crippen molar-refractivity contribution in [3.63, 3.8) is 0 Å². The molecule has 6 rings (SSSR count). The van der Waals surface area contributed by atoms with Crippen LogP contribution in [0.5, 0.6) is 0 Å². The minimum Gasteiger partial charge on any atom is -0.302 e. The van der Waals surface area contributed by atoms with E-state index in [1.54, 1.807) is 78.2 Å². The molecule has 4 amide bonds. The highest BCUT2D eigenvalue weighted by atomic mass is 35.5. The van der Waals surface area contributed by atoms with Crippen molar-refractivity contribution in [2.75, 3.05) is 9.80 Å². The first-order valence-electron chi connectivity index (χ1n) is 18.7. The molecule has 2 aliphatic rings. The van der Waals surface area contributed by atoms with Gasteiger partial charge in [0.05, 0.1) is 0 Å². The average molecular weight is 949 g/mol. The highest BCUT2D eigenvalue weighted by Gasteiger charge is 2.59. The van der Waals surface area contributed by atoms with Crippen molar-refractivity contribution in [1.82, 2.24) is 19.8 Å². The molecule has 10 nitrogen and oxygen atoms in total. The van der Waals surface area contributed by atoms with Gasteiger partial charge < -0.3 is 9.80 Å². The van der Waals surface area contributed by atoms with Crippen LogP contribution in [0, 0.1) is 10.8 Å².